The van der Waals surface area contributed by atoms with E-state index in [1.54, 1.807) is 16.4 Å². The molecule has 4 fully saturated rings. The molecule has 0 saturated heterocycles. The van der Waals surface area contributed by atoms with Crippen molar-refractivity contribution in [2.45, 2.75) is 100 Å². The molecule has 0 heterocycles. The Balaban J connectivity index is 0.000000160. The molecular weight excluding hydrogens is 1430 g/mol. The Bertz CT molecular complexity index is 4540. The second kappa shape index (κ2) is 33.8. The molecule has 0 aromatic heterocycles. The number of hydrogen-bond acceptors (Lipinski definition) is 0. The molecule has 6 aliphatic carbocycles. The maximum atomic E-state index is 4.93. The van der Waals surface area contributed by atoms with Gasteiger partial charge in [-0.2, -0.15) is 0 Å². The summed E-state index contributed by atoms with van der Waals surface area (Å²) >= 11 is -0.826. The van der Waals surface area contributed by atoms with E-state index >= 15 is 0 Å². The van der Waals surface area contributed by atoms with Crippen molar-refractivity contribution in [1.82, 2.24) is 0 Å². The van der Waals surface area contributed by atoms with Crippen LogP contribution >= 0.6 is 66.6 Å². The van der Waals surface area contributed by atoms with Crippen LogP contribution in [0.1, 0.15) is 121 Å². The van der Waals surface area contributed by atoms with E-state index < -0.39 is 28.8 Å². The van der Waals surface area contributed by atoms with Gasteiger partial charge in [0.2, 0.25) is 0 Å². The normalized spacial score (nSPS) is 21.2. The average Bonchev–Trinajstić information content (AvgIpc) is 1.66. The molecule has 0 amide bonds. The summed E-state index contributed by atoms with van der Waals surface area (Å²) in [5, 5.41) is 17.2. The van der Waals surface area contributed by atoms with Gasteiger partial charge in [0.25, 0.3) is 0 Å². The summed E-state index contributed by atoms with van der Waals surface area (Å²) in [7, 11) is 16.8. The number of rotatable bonds is 10. The first-order valence-corrected chi connectivity index (χ1v) is 50.5. The summed E-state index contributed by atoms with van der Waals surface area (Å²) in [6, 6.07) is 101. The first-order chi connectivity index (χ1) is 47.8. The van der Waals surface area contributed by atoms with Gasteiger partial charge in [-0.1, -0.05) is 300 Å². The van der Waals surface area contributed by atoms with Gasteiger partial charge in [-0.3, -0.25) is 0 Å². The topological polar surface area (TPSA) is 0 Å². The summed E-state index contributed by atoms with van der Waals surface area (Å²) in [6.07, 6.45) is 21.2. The molecule has 9 heteroatoms. The number of allylic oxidation sites excluding steroid dienone is 2. The van der Waals surface area contributed by atoms with Gasteiger partial charge < -0.3 is 14.9 Å². The van der Waals surface area contributed by atoms with Crippen LogP contribution in [0.3, 0.4) is 0 Å². The second-order valence-electron chi connectivity index (χ2n) is 27.4. The van der Waals surface area contributed by atoms with E-state index in [9.17, 15) is 0 Å². The van der Waals surface area contributed by atoms with Crippen LogP contribution in [0.5, 0.6) is 0 Å². The average molecular weight is 1520 g/mol. The van der Waals surface area contributed by atoms with Crippen molar-refractivity contribution < 1.29 is 20.8 Å². The molecule has 18 rings (SSSR count). The zero-order chi connectivity index (χ0) is 65.8. The number of benzene rings is 12. The molecule has 6 aliphatic rings. The molecule has 498 valence electrons. The van der Waals surface area contributed by atoms with E-state index in [-0.39, 0.29) is 29.8 Å². The van der Waals surface area contributed by atoms with Crippen molar-refractivity contribution >= 4 is 142 Å². The molecule has 4 saturated carbocycles. The fourth-order valence-corrected chi connectivity index (χ4v) is 25.9. The van der Waals surface area contributed by atoms with E-state index in [2.05, 4.69) is 306 Å². The molecule has 0 nitrogen and oxygen atoms in total. The Labute approximate surface area is 619 Å². The van der Waals surface area contributed by atoms with Crippen LogP contribution in [0, 0.1) is 38.5 Å². The zero-order valence-corrected chi connectivity index (χ0v) is 67.1. The van der Waals surface area contributed by atoms with Gasteiger partial charge in [0.05, 0.1) is 0 Å². The first kappa shape index (κ1) is 72.6. The Morgan fingerprint density at radius 2 is 0.657 bits per heavy atom. The van der Waals surface area contributed by atoms with Gasteiger partial charge in [0, 0.05) is 0 Å². The maximum absolute atomic E-state index is 4.93. The van der Waals surface area contributed by atoms with Crippen LogP contribution in [-0.2, 0) is 33.7 Å². The van der Waals surface area contributed by atoms with Gasteiger partial charge in [0.15, 0.2) is 0 Å². The molecule has 12 aromatic carbocycles. The van der Waals surface area contributed by atoms with Gasteiger partial charge in [0.1, 0.15) is 0 Å². The molecule has 0 radical (unpaired) electrons. The first-order valence-electron chi connectivity index (χ1n) is 35.1. The summed E-state index contributed by atoms with van der Waals surface area (Å²) in [6.45, 7) is 0.130. The van der Waals surface area contributed by atoms with Crippen LogP contribution in [0.15, 0.2) is 279 Å². The molecule has 11 atom stereocenters. The third kappa shape index (κ3) is 15.0. The predicted octanol–water partition coefficient (Wildman–Crippen LogP) is 25.7. The molecule has 0 N–H and O–H groups in total. The van der Waals surface area contributed by atoms with Crippen molar-refractivity contribution in [2.75, 3.05) is 0 Å². The minimum absolute atomic E-state index is 0. The number of hydrogen-bond donors (Lipinski definition) is 0. The van der Waals surface area contributed by atoms with Crippen molar-refractivity contribution in [2.24, 2.45) is 23.7 Å². The SMILES string of the molecule is C1=C(c2cccc3ccccc23)c2cccc(P(c3ccccc3)c3cccc4c3CC=C4c3cccc4ccccc34)c2C1.PP(P)P.[CH3-].[CH3-].[Cl][Zr+2][Cl].c1ccc(P(C2CCCC3C(c4cccc5ccccc45)CCC32)C2CCCC3C(c4cccc5ccccc45)CCC32)cc1. The van der Waals surface area contributed by atoms with Crippen LogP contribution < -0.4 is 21.2 Å². The third-order valence-electron chi connectivity index (χ3n) is 22.6. The summed E-state index contributed by atoms with van der Waals surface area (Å²) in [4.78, 5) is 0. The molecule has 12 aromatic rings. The second-order valence-corrected chi connectivity index (χ2v) is 47.6. The fourth-order valence-electron chi connectivity index (χ4n) is 18.9. The Morgan fingerprint density at radius 3 is 1.08 bits per heavy atom. The maximum Gasteiger partial charge on any atom is -0.0124 e. The molecule has 0 bridgehead atoms. The Morgan fingerprint density at radius 1 is 0.323 bits per heavy atom. The fraction of sp³-hybridized carbons (Fsp3) is 0.222. The Hall–Kier alpha value is -4.80. The van der Waals surface area contributed by atoms with E-state index in [1.807, 2.05) is 0 Å². The third-order valence-corrected chi connectivity index (χ3v) is 28.8. The van der Waals surface area contributed by atoms with Crippen LogP contribution in [0.2, 0.25) is 0 Å². The van der Waals surface area contributed by atoms with E-state index in [4.69, 9.17) is 17.0 Å². The molecule has 99 heavy (non-hydrogen) atoms. The monoisotopic (exact) mass is 1520 g/mol. The molecular formula is C90H90Cl2P6Zr. The zero-order valence-electron chi connectivity index (χ0n) is 57.0. The number of fused-ring (bicyclic) bond motifs is 8. The van der Waals surface area contributed by atoms with Gasteiger partial charge in [-0.15, -0.1) is 26.8 Å². The summed E-state index contributed by atoms with van der Waals surface area (Å²) in [5.41, 5.74) is 16.2. The predicted molar refractivity (Wildman–Crippen MR) is 449 cm³/mol. The van der Waals surface area contributed by atoms with Crippen molar-refractivity contribution in [3.05, 3.63) is 338 Å². The van der Waals surface area contributed by atoms with Crippen molar-refractivity contribution in [1.29, 1.82) is 0 Å². The quantitative estimate of drug-likeness (QED) is 0.0946. The number of halogens is 2. The van der Waals surface area contributed by atoms with Crippen LogP contribution in [0.4, 0.5) is 0 Å². The van der Waals surface area contributed by atoms with Crippen molar-refractivity contribution in [3.63, 3.8) is 0 Å². The van der Waals surface area contributed by atoms with E-state index in [0.717, 1.165) is 59.7 Å². The van der Waals surface area contributed by atoms with Gasteiger partial charge in [-0.25, -0.2) is 0 Å². The van der Waals surface area contributed by atoms with Crippen molar-refractivity contribution in [3.8, 4) is 0 Å². The summed E-state index contributed by atoms with van der Waals surface area (Å²) < 4.78 is 0. The van der Waals surface area contributed by atoms with Gasteiger partial charge >= 0.3 is 37.9 Å². The smallest absolute Gasteiger partial charge is 0.0124 e. The molecule has 0 aliphatic heterocycles. The van der Waals surface area contributed by atoms with Crippen LogP contribution in [0.25, 0.3) is 54.2 Å². The Kier molecular flexibility index (Phi) is 24.7. The van der Waals surface area contributed by atoms with Gasteiger partial charge in [-0.05, 0) is 246 Å². The van der Waals surface area contributed by atoms with E-state index in [0.29, 0.717) is 0 Å². The van der Waals surface area contributed by atoms with Crippen LogP contribution in [-0.4, -0.2) is 11.3 Å². The van der Waals surface area contributed by atoms with E-state index in [1.165, 1.54) is 168 Å². The standard InChI is InChI=1S/C44H47P.C44H31P.2CH3.2ClH.H6P4.Zr/c2*1-2-16-32(17-3-1)45(43-24-10-22-37-39(26-28-41(37)43)35-20-8-14-30-12-4-6-18-33(30)35)44-25-11-23-38-40(27-29-42(38)44)36-21-9-15-31-13-5-7-19-34(31)36;;;;;1-4(2)3;/h1-9,12-21,37-44H,10-11,22-29H2;1-27H,28-29H2;2*1H3;2*1H;1-3H2;/q;;2*-1;;;;+4/p-2. The minimum Gasteiger partial charge on any atom is -0.0684 e. The minimum atomic E-state index is -0.826. The summed E-state index contributed by atoms with van der Waals surface area (Å²) in [5.74, 6) is 4.97. The molecule has 11 unspecified atom stereocenters. The molecule has 0 spiro atoms. The largest absolute Gasteiger partial charge is 0.0684 e.